The van der Waals surface area contributed by atoms with E-state index in [-0.39, 0.29) is 10.9 Å². The van der Waals surface area contributed by atoms with Crippen molar-refractivity contribution in [2.45, 2.75) is 0 Å². The van der Waals surface area contributed by atoms with Crippen molar-refractivity contribution in [3.05, 3.63) is 154 Å². The molecule has 0 aliphatic carbocycles. The summed E-state index contributed by atoms with van der Waals surface area (Å²) < 4.78 is 26.0. The second-order valence-electron chi connectivity index (χ2n) is 12.7. The van der Waals surface area contributed by atoms with Crippen LogP contribution >= 0.6 is 0 Å². The van der Waals surface area contributed by atoms with Crippen LogP contribution in [0.25, 0.3) is 110 Å². The summed E-state index contributed by atoms with van der Waals surface area (Å²) in [5.74, 6) is 1.00. The Morgan fingerprint density at radius 3 is 1.14 bits per heavy atom. The Hall–Kier alpha value is -6.92. The summed E-state index contributed by atoms with van der Waals surface area (Å²) >= 11 is 0. The van der Waals surface area contributed by atoms with Crippen LogP contribution < -0.4 is 10.9 Å². The Balaban J connectivity index is 1.29. The molecule has 4 aromatic heterocycles. The van der Waals surface area contributed by atoms with Crippen LogP contribution in [0.1, 0.15) is 0 Å². The molecule has 11 aromatic rings. The van der Waals surface area contributed by atoms with Crippen LogP contribution in [0.2, 0.25) is 0 Å². The first-order chi connectivity index (χ1) is 24.6. The molecular weight excluding hydrogens is 624 g/mol. The molecule has 0 N–H and O–H groups in total. The highest BCUT2D eigenvalue weighted by Gasteiger charge is 2.22. The molecule has 0 fully saturated rings. The highest BCUT2D eigenvalue weighted by Crippen LogP contribution is 2.47. The number of benzene rings is 7. The average Bonchev–Trinajstić information content (AvgIpc) is 3.15. The monoisotopic (exact) mass is 646 g/mol. The van der Waals surface area contributed by atoms with Gasteiger partial charge in [-0.25, -0.2) is 0 Å². The van der Waals surface area contributed by atoms with Crippen molar-refractivity contribution in [1.29, 1.82) is 0 Å². The van der Waals surface area contributed by atoms with Crippen LogP contribution in [0.5, 0.6) is 0 Å². The first-order valence-electron chi connectivity index (χ1n) is 16.3. The molecule has 0 atom stereocenters. The molecular formula is C44H22O6. The molecule has 6 heteroatoms. The van der Waals surface area contributed by atoms with E-state index >= 15 is 0 Å². The fourth-order valence-corrected chi connectivity index (χ4v) is 7.64. The third-order valence-electron chi connectivity index (χ3n) is 9.84. The molecule has 0 amide bonds. The maximum atomic E-state index is 13.4. The molecule has 0 radical (unpaired) electrons. The zero-order chi connectivity index (χ0) is 33.1. The second-order valence-corrected chi connectivity index (χ2v) is 12.7. The van der Waals surface area contributed by atoms with Crippen molar-refractivity contribution in [3.8, 4) is 22.6 Å². The summed E-state index contributed by atoms with van der Waals surface area (Å²) in [5, 5.41) is 8.28. The molecule has 0 saturated heterocycles. The van der Waals surface area contributed by atoms with E-state index in [1.807, 2.05) is 97.1 Å². The lowest BCUT2D eigenvalue weighted by Crippen LogP contribution is -2.01. The van der Waals surface area contributed by atoms with E-state index in [9.17, 15) is 9.59 Å². The third kappa shape index (κ3) is 3.73. The van der Waals surface area contributed by atoms with Crippen LogP contribution in [0.4, 0.5) is 0 Å². The van der Waals surface area contributed by atoms with E-state index in [0.29, 0.717) is 55.8 Å². The molecule has 0 unspecified atom stereocenters. The number of rotatable bonds is 2. The van der Waals surface area contributed by atoms with Crippen molar-refractivity contribution >= 4 is 87.4 Å². The molecule has 0 spiro atoms. The van der Waals surface area contributed by atoms with Crippen LogP contribution in [-0.4, -0.2) is 0 Å². The van der Waals surface area contributed by atoms with E-state index < -0.39 is 0 Å². The lowest BCUT2D eigenvalue weighted by Gasteiger charge is -2.17. The first-order valence-corrected chi connectivity index (χ1v) is 16.3. The lowest BCUT2D eigenvalue weighted by atomic mass is 9.90. The van der Waals surface area contributed by atoms with Crippen LogP contribution in [0.15, 0.2) is 161 Å². The SMILES string of the molecule is O=c1cc(-c2ccccc2)oc2cc3c(cc12)oc1cccc2c1c3c1cccc3oc4cc5c(=O)cc(-c6ccccc6)oc5cc4c2c31. The van der Waals surface area contributed by atoms with Crippen molar-refractivity contribution in [2.75, 3.05) is 0 Å². The van der Waals surface area contributed by atoms with Crippen molar-refractivity contribution in [1.82, 2.24) is 0 Å². The third-order valence-corrected chi connectivity index (χ3v) is 9.84. The van der Waals surface area contributed by atoms with Crippen molar-refractivity contribution < 1.29 is 17.7 Å². The Labute approximate surface area is 281 Å². The Bertz CT molecular complexity index is 3120. The van der Waals surface area contributed by atoms with E-state index in [0.717, 1.165) is 54.2 Å². The smallest absolute Gasteiger partial charge is 0.193 e. The quantitative estimate of drug-likeness (QED) is 0.137. The van der Waals surface area contributed by atoms with Gasteiger partial charge in [-0.1, -0.05) is 84.9 Å². The molecule has 4 heterocycles. The summed E-state index contributed by atoms with van der Waals surface area (Å²) in [6.45, 7) is 0. The molecule has 0 saturated carbocycles. The molecule has 0 aliphatic heterocycles. The van der Waals surface area contributed by atoms with Crippen LogP contribution in [-0.2, 0) is 0 Å². The van der Waals surface area contributed by atoms with E-state index in [1.165, 1.54) is 12.1 Å². The van der Waals surface area contributed by atoms with Gasteiger partial charge in [0.25, 0.3) is 0 Å². The maximum absolute atomic E-state index is 13.4. The average molecular weight is 647 g/mol. The van der Waals surface area contributed by atoms with Gasteiger partial charge in [-0.2, -0.15) is 0 Å². The molecule has 11 rings (SSSR count). The van der Waals surface area contributed by atoms with E-state index in [4.69, 9.17) is 17.7 Å². The number of fused-ring (bicyclic) bond motifs is 8. The predicted octanol–water partition coefficient (Wildman–Crippen LogP) is 11.3. The minimum Gasteiger partial charge on any atom is -0.456 e. The maximum Gasteiger partial charge on any atom is 0.193 e. The Morgan fingerprint density at radius 1 is 0.300 bits per heavy atom. The van der Waals surface area contributed by atoms with Gasteiger partial charge in [-0.05, 0) is 47.2 Å². The summed E-state index contributed by atoms with van der Waals surface area (Å²) in [6, 6.07) is 41.7. The summed E-state index contributed by atoms with van der Waals surface area (Å²) in [7, 11) is 0. The fourth-order valence-electron chi connectivity index (χ4n) is 7.64. The molecule has 7 aromatic carbocycles. The van der Waals surface area contributed by atoms with Gasteiger partial charge in [0.2, 0.25) is 0 Å². The van der Waals surface area contributed by atoms with Gasteiger partial charge in [0.15, 0.2) is 10.9 Å². The molecule has 50 heavy (non-hydrogen) atoms. The van der Waals surface area contributed by atoms with E-state index in [1.54, 1.807) is 12.1 Å². The highest BCUT2D eigenvalue weighted by atomic mass is 16.3. The summed E-state index contributed by atoms with van der Waals surface area (Å²) in [5.41, 5.74) is 4.85. The normalized spacial score (nSPS) is 12.2. The largest absolute Gasteiger partial charge is 0.456 e. The van der Waals surface area contributed by atoms with E-state index in [2.05, 4.69) is 12.1 Å². The van der Waals surface area contributed by atoms with Gasteiger partial charge < -0.3 is 17.7 Å². The number of hydrogen-bond acceptors (Lipinski definition) is 6. The molecule has 0 aliphatic rings. The van der Waals surface area contributed by atoms with Crippen molar-refractivity contribution in [2.24, 2.45) is 0 Å². The number of hydrogen-bond donors (Lipinski definition) is 0. The van der Waals surface area contributed by atoms with Gasteiger partial charge in [0, 0.05) is 55.6 Å². The van der Waals surface area contributed by atoms with Gasteiger partial charge in [0.1, 0.15) is 45.0 Å². The van der Waals surface area contributed by atoms with Gasteiger partial charge in [-0.15, -0.1) is 0 Å². The van der Waals surface area contributed by atoms with Crippen molar-refractivity contribution in [3.63, 3.8) is 0 Å². The second kappa shape index (κ2) is 9.81. The minimum absolute atomic E-state index is 0.142. The fraction of sp³-hybridized carbons (Fsp3) is 0. The van der Waals surface area contributed by atoms with Gasteiger partial charge >= 0.3 is 0 Å². The predicted molar refractivity (Wildman–Crippen MR) is 199 cm³/mol. The van der Waals surface area contributed by atoms with Gasteiger partial charge in [0.05, 0.1) is 10.8 Å². The lowest BCUT2D eigenvalue weighted by molar-refractivity contribution is 0.618. The van der Waals surface area contributed by atoms with Crippen LogP contribution in [0.3, 0.4) is 0 Å². The first kappa shape index (κ1) is 27.1. The zero-order valence-electron chi connectivity index (χ0n) is 26.2. The highest BCUT2D eigenvalue weighted by molar-refractivity contribution is 6.40. The summed E-state index contributed by atoms with van der Waals surface area (Å²) in [6.07, 6.45) is 0. The Morgan fingerprint density at radius 2 is 0.700 bits per heavy atom. The molecule has 0 bridgehead atoms. The molecule has 6 nitrogen and oxygen atoms in total. The Kier molecular flexibility index (Phi) is 5.31. The summed E-state index contributed by atoms with van der Waals surface area (Å²) in [4.78, 5) is 26.8. The van der Waals surface area contributed by atoms with Gasteiger partial charge in [-0.3, -0.25) is 9.59 Å². The topological polar surface area (TPSA) is 86.7 Å². The minimum atomic E-state index is -0.142. The standard InChI is InChI=1S/C44H22O6/c45-31-21-35(23-9-3-1-4-10-23)49-37-19-29-39(17-27(31)37)47-33-15-8-14-26-42-30-20-38-28(32(46)22-36(50-38)24-11-5-2-6-12-24)18-40(30)48-34-16-7-13-25(44(34)42)41(29)43(26)33/h1-22H. The molecule has 234 valence electrons. The van der Waals surface area contributed by atoms with Crippen LogP contribution in [0, 0.1) is 0 Å². The zero-order valence-corrected chi connectivity index (χ0v) is 26.2.